The second-order valence-electron chi connectivity index (χ2n) is 7.40. The van der Waals surface area contributed by atoms with E-state index in [1.165, 1.54) is 0 Å². The minimum Gasteiger partial charge on any atom is -0.444 e. The van der Waals surface area contributed by atoms with Crippen molar-refractivity contribution >= 4 is 22.9 Å². The number of para-hydroxylation sites is 1. The zero-order chi connectivity index (χ0) is 19.9. The summed E-state index contributed by atoms with van der Waals surface area (Å²) in [5.41, 5.74) is 1.31. The minimum atomic E-state index is -0.735. The third-order valence-corrected chi connectivity index (χ3v) is 3.93. The molecule has 0 saturated carbocycles. The van der Waals surface area contributed by atoms with Crippen LogP contribution in [0.15, 0.2) is 30.5 Å². The van der Waals surface area contributed by atoms with Gasteiger partial charge in [-0.3, -0.25) is 4.79 Å². The molecule has 0 aliphatic carbocycles. The van der Waals surface area contributed by atoms with Gasteiger partial charge in [0.15, 0.2) is 0 Å². The number of carbonyl (C=O) groups excluding carboxylic acids is 2. The van der Waals surface area contributed by atoms with E-state index < -0.39 is 17.7 Å². The lowest BCUT2D eigenvalue weighted by Gasteiger charge is -2.23. The zero-order valence-electron chi connectivity index (χ0n) is 16.4. The van der Waals surface area contributed by atoms with Gasteiger partial charge in [-0.15, -0.1) is 0 Å². The summed E-state index contributed by atoms with van der Waals surface area (Å²) in [4.78, 5) is 28.0. The Kier molecular flexibility index (Phi) is 7.24. The molecule has 0 aliphatic rings. The topological polar surface area (TPSA) is 92.5 Å². The van der Waals surface area contributed by atoms with Crippen LogP contribution in [0.5, 0.6) is 0 Å². The van der Waals surface area contributed by atoms with E-state index in [1.54, 1.807) is 27.9 Å². The number of benzene rings is 1. The molecule has 1 aromatic heterocycles. The Morgan fingerprint density at radius 2 is 1.96 bits per heavy atom. The van der Waals surface area contributed by atoms with Crippen LogP contribution in [0.3, 0.4) is 0 Å². The second-order valence-corrected chi connectivity index (χ2v) is 7.40. The number of hydrogen-bond acceptors (Lipinski definition) is 4. The third-order valence-electron chi connectivity index (χ3n) is 3.93. The van der Waals surface area contributed by atoms with Crippen LogP contribution in [0.4, 0.5) is 4.79 Å². The number of carbonyl (C=O) groups is 2. The third kappa shape index (κ3) is 6.60. The first-order chi connectivity index (χ1) is 12.8. The number of amides is 2. The Bertz CT molecular complexity index is 764. The molecule has 148 valence electrons. The van der Waals surface area contributed by atoms with Gasteiger partial charge < -0.3 is 25.1 Å². The smallest absolute Gasteiger partial charge is 0.408 e. The minimum absolute atomic E-state index is 0.248. The highest BCUT2D eigenvalue weighted by molar-refractivity contribution is 5.88. The molecule has 1 heterocycles. The van der Waals surface area contributed by atoms with Gasteiger partial charge in [-0.1, -0.05) is 18.2 Å². The first-order valence-corrected chi connectivity index (χ1v) is 9.11. The van der Waals surface area contributed by atoms with Crippen molar-refractivity contribution in [3.63, 3.8) is 0 Å². The van der Waals surface area contributed by atoms with Gasteiger partial charge >= 0.3 is 6.09 Å². The summed E-state index contributed by atoms with van der Waals surface area (Å²) in [6, 6.07) is 7.12. The predicted molar refractivity (Wildman–Crippen MR) is 105 cm³/mol. The maximum absolute atomic E-state index is 12.6. The Morgan fingerprint density at radius 1 is 1.22 bits per heavy atom. The molecule has 3 N–H and O–H groups in total. The maximum atomic E-state index is 12.6. The summed E-state index contributed by atoms with van der Waals surface area (Å²) >= 11 is 0. The van der Waals surface area contributed by atoms with Crippen molar-refractivity contribution in [3.8, 4) is 0 Å². The van der Waals surface area contributed by atoms with E-state index >= 15 is 0 Å². The van der Waals surface area contributed by atoms with Gasteiger partial charge in [-0.25, -0.2) is 4.79 Å². The summed E-state index contributed by atoms with van der Waals surface area (Å²) in [6.07, 6.45) is 2.32. The van der Waals surface area contributed by atoms with E-state index in [-0.39, 0.29) is 5.91 Å². The van der Waals surface area contributed by atoms with Crippen LogP contribution in [0, 0.1) is 0 Å². The number of hydrogen-bond donors (Lipinski definition) is 3. The van der Waals surface area contributed by atoms with Crippen LogP contribution in [-0.4, -0.2) is 48.9 Å². The molecule has 0 bridgehead atoms. The first kappa shape index (κ1) is 20.8. The molecule has 2 aromatic rings. The lowest BCUT2D eigenvalue weighted by atomic mass is 10.0. The lowest BCUT2D eigenvalue weighted by Crippen LogP contribution is -2.49. The number of methoxy groups -OCH3 is 1. The first-order valence-electron chi connectivity index (χ1n) is 9.11. The van der Waals surface area contributed by atoms with Crippen LogP contribution >= 0.6 is 0 Å². The highest BCUT2D eigenvalue weighted by Crippen LogP contribution is 2.19. The van der Waals surface area contributed by atoms with E-state index in [4.69, 9.17) is 9.47 Å². The van der Waals surface area contributed by atoms with Gasteiger partial charge in [-0.2, -0.15) is 0 Å². The summed E-state index contributed by atoms with van der Waals surface area (Å²) in [7, 11) is 1.62. The zero-order valence-corrected chi connectivity index (χ0v) is 16.4. The summed E-state index contributed by atoms with van der Waals surface area (Å²) in [6.45, 7) is 6.39. The van der Waals surface area contributed by atoms with Gasteiger partial charge in [0.25, 0.3) is 0 Å². The maximum Gasteiger partial charge on any atom is 0.408 e. The number of aromatic nitrogens is 1. The van der Waals surface area contributed by atoms with Gasteiger partial charge in [0.1, 0.15) is 11.6 Å². The molecule has 0 fully saturated rings. The van der Waals surface area contributed by atoms with Crippen molar-refractivity contribution in [1.82, 2.24) is 15.6 Å². The van der Waals surface area contributed by atoms with E-state index in [2.05, 4.69) is 15.6 Å². The van der Waals surface area contributed by atoms with Crippen LogP contribution in [0.2, 0.25) is 0 Å². The number of H-pyrrole nitrogens is 1. The van der Waals surface area contributed by atoms with Crippen LogP contribution in [0.25, 0.3) is 10.9 Å². The SMILES string of the molecule is COCCCNC(=O)[C@H](Cc1c[nH]c2ccccc12)NC(=O)OC(C)(C)C. The molecular formula is C20H29N3O4. The van der Waals surface area contributed by atoms with Gasteiger partial charge in [-0.05, 0) is 38.8 Å². The van der Waals surface area contributed by atoms with Crippen LogP contribution in [-0.2, 0) is 20.7 Å². The average molecular weight is 375 g/mol. The molecule has 0 radical (unpaired) electrons. The van der Waals surface area contributed by atoms with Crippen molar-refractivity contribution < 1.29 is 19.1 Å². The fourth-order valence-corrected chi connectivity index (χ4v) is 2.73. The quantitative estimate of drug-likeness (QED) is 0.619. The van der Waals surface area contributed by atoms with Gasteiger partial charge in [0.2, 0.25) is 5.91 Å². The Labute approximate surface area is 159 Å². The molecule has 7 nitrogen and oxygen atoms in total. The molecule has 0 unspecified atom stereocenters. The van der Waals surface area contributed by atoms with Crippen molar-refractivity contribution in [2.75, 3.05) is 20.3 Å². The number of nitrogens with one attached hydrogen (secondary N) is 3. The molecule has 1 atom stereocenters. The lowest BCUT2D eigenvalue weighted by molar-refractivity contribution is -0.123. The van der Waals surface area contributed by atoms with Crippen LogP contribution < -0.4 is 10.6 Å². The molecule has 0 aliphatic heterocycles. The second kappa shape index (κ2) is 9.41. The predicted octanol–water partition coefficient (Wildman–Crippen LogP) is 2.76. The Balaban J connectivity index is 2.10. The number of fused-ring (bicyclic) bond motifs is 1. The highest BCUT2D eigenvalue weighted by atomic mass is 16.6. The number of ether oxygens (including phenoxy) is 2. The van der Waals surface area contributed by atoms with E-state index in [0.29, 0.717) is 26.0 Å². The number of alkyl carbamates (subject to hydrolysis) is 1. The number of rotatable bonds is 8. The molecule has 27 heavy (non-hydrogen) atoms. The molecule has 0 spiro atoms. The van der Waals surface area contributed by atoms with Crippen molar-refractivity contribution in [3.05, 3.63) is 36.0 Å². The average Bonchev–Trinajstić information content (AvgIpc) is 2.99. The van der Waals surface area contributed by atoms with Crippen molar-refractivity contribution in [1.29, 1.82) is 0 Å². The van der Waals surface area contributed by atoms with Crippen molar-refractivity contribution in [2.45, 2.75) is 45.3 Å². The molecular weight excluding hydrogens is 346 g/mol. The van der Waals surface area contributed by atoms with Crippen LogP contribution in [0.1, 0.15) is 32.8 Å². The molecule has 2 rings (SSSR count). The standard InChI is InChI=1S/C20H29N3O4/c1-20(2,3)27-19(25)23-17(18(24)21-10-7-11-26-4)12-14-13-22-16-9-6-5-8-15(14)16/h5-6,8-9,13,17,22H,7,10-12H2,1-4H3,(H,21,24)(H,23,25)/t17-/m0/s1. The van der Waals surface area contributed by atoms with Gasteiger partial charge in [0.05, 0.1) is 0 Å². The summed E-state index contributed by atoms with van der Waals surface area (Å²) < 4.78 is 10.3. The summed E-state index contributed by atoms with van der Waals surface area (Å²) in [5.74, 6) is -0.248. The normalized spacial score (nSPS) is 12.6. The highest BCUT2D eigenvalue weighted by Gasteiger charge is 2.25. The van der Waals surface area contributed by atoms with E-state index in [1.807, 2.05) is 30.5 Å². The van der Waals surface area contributed by atoms with Crippen molar-refractivity contribution in [2.24, 2.45) is 0 Å². The fraction of sp³-hybridized carbons (Fsp3) is 0.500. The molecule has 1 aromatic carbocycles. The number of aromatic amines is 1. The van der Waals surface area contributed by atoms with Gasteiger partial charge in [0, 0.05) is 43.8 Å². The van der Waals surface area contributed by atoms with E-state index in [9.17, 15) is 9.59 Å². The summed E-state index contributed by atoms with van der Waals surface area (Å²) in [5, 5.41) is 6.57. The van der Waals surface area contributed by atoms with E-state index in [0.717, 1.165) is 16.5 Å². The molecule has 2 amide bonds. The fourth-order valence-electron chi connectivity index (χ4n) is 2.73. The Hall–Kier alpha value is -2.54. The molecule has 0 saturated heterocycles. The largest absolute Gasteiger partial charge is 0.444 e. The molecule has 7 heteroatoms. The monoisotopic (exact) mass is 375 g/mol. The Morgan fingerprint density at radius 3 is 2.67 bits per heavy atom.